The van der Waals surface area contributed by atoms with Gasteiger partial charge in [-0.25, -0.2) is 0 Å². The molecule has 0 atom stereocenters. The van der Waals surface area contributed by atoms with Crippen LogP contribution >= 0.6 is 0 Å². The molecule has 0 aliphatic carbocycles. The third kappa shape index (κ3) is 4.55. The summed E-state index contributed by atoms with van der Waals surface area (Å²) in [6.45, 7) is 0. The number of hydrogen-bond donors (Lipinski definition) is 0. The molecule has 2 heterocycles. The van der Waals surface area contributed by atoms with Crippen molar-refractivity contribution in [1.82, 2.24) is 4.40 Å². The third-order valence-electron chi connectivity index (χ3n) is 10.1. The Morgan fingerprint density at radius 2 is 0.551 bits per heavy atom. The standard InChI is InChI=1S/C48H31N/c1-4-11-32(12-5-1)35-19-21-36(22-20-35)41-30-44-42-28-39(34-15-8-3-9-16-34)23-25-46(42)49-47-26-24-40(29-43(47)45(31-41)48(44)49)38-18-10-17-37(27-38)33-13-6-2-7-14-33/h1-31H. The molecule has 0 radical (unpaired) electrons. The average molecular weight is 622 g/mol. The predicted octanol–water partition coefficient (Wildman–Crippen LogP) is 13.2. The maximum atomic E-state index is 2.48. The third-order valence-corrected chi connectivity index (χ3v) is 10.1. The Kier molecular flexibility index (Phi) is 6.25. The summed E-state index contributed by atoms with van der Waals surface area (Å²) in [6, 6.07) is 68.7. The number of nitrogens with zero attached hydrogens (tertiary/aromatic N) is 1. The second-order valence-electron chi connectivity index (χ2n) is 13.0. The topological polar surface area (TPSA) is 4.41 Å². The smallest absolute Gasteiger partial charge is 0.0620 e. The van der Waals surface area contributed by atoms with E-state index in [0.29, 0.717) is 0 Å². The van der Waals surface area contributed by atoms with E-state index in [1.54, 1.807) is 0 Å². The Balaban J connectivity index is 1.20. The fourth-order valence-corrected chi connectivity index (χ4v) is 7.70. The Labute approximate surface area is 285 Å². The highest BCUT2D eigenvalue weighted by Gasteiger charge is 2.20. The Bertz CT molecular complexity index is 2770. The summed E-state index contributed by atoms with van der Waals surface area (Å²) in [5.74, 6) is 0. The number of hydrogen-bond acceptors (Lipinski definition) is 0. The molecule has 10 rings (SSSR count). The number of rotatable bonds is 5. The van der Waals surface area contributed by atoms with Gasteiger partial charge in [0.2, 0.25) is 0 Å². The molecule has 0 aliphatic rings. The first kappa shape index (κ1) is 27.7. The van der Waals surface area contributed by atoms with Crippen molar-refractivity contribution >= 4 is 38.1 Å². The van der Waals surface area contributed by atoms with Crippen LogP contribution in [0.3, 0.4) is 0 Å². The molecule has 0 unspecified atom stereocenters. The van der Waals surface area contributed by atoms with Gasteiger partial charge in [0.05, 0.1) is 16.6 Å². The van der Waals surface area contributed by atoms with Crippen LogP contribution in [0.5, 0.6) is 0 Å². The Hall–Kier alpha value is -6.44. The van der Waals surface area contributed by atoms with E-state index in [2.05, 4.69) is 192 Å². The summed E-state index contributed by atoms with van der Waals surface area (Å²) in [7, 11) is 0. The highest BCUT2D eigenvalue weighted by molar-refractivity contribution is 6.25. The van der Waals surface area contributed by atoms with Crippen LogP contribution in [-0.4, -0.2) is 4.40 Å². The first-order chi connectivity index (χ1) is 24.3. The van der Waals surface area contributed by atoms with Gasteiger partial charge in [0.15, 0.2) is 0 Å². The van der Waals surface area contributed by atoms with Crippen molar-refractivity contribution in [3.05, 3.63) is 188 Å². The van der Waals surface area contributed by atoms with Crippen LogP contribution in [0.2, 0.25) is 0 Å². The quantitative estimate of drug-likeness (QED) is 0.180. The van der Waals surface area contributed by atoms with Gasteiger partial charge in [-0.1, -0.05) is 146 Å². The molecule has 10 aromatic rings. The van der Waals surface area contributed by atoms with Crippen LogP contribution in [0.1, 0.15) is 0 Å². The summed E-state index contributed by atoms with van der Waals surface area (Å²) in [4.78, 5) is 0. The lowest BCUT2D eigenvalue weighted by Crippen LogP contribution is -1.84. The second kappa shape index (κ2) is 11.1. The Morgan fingerprint density at radius 3 is 1.06 bits per heavy atom. The molecule has 0 aliphatic heterocycles. The van der Waals surface area contributed by atoms with E-state index in [1.165, 1.54) is 93.7 Å². The molecule has 1 heteroatoms. The summed E-state index contributed by atoms with van der Waals surface area (Å²) < 4.78 is 2.48. The lowest BCUT2D eigenvalue weighted by atomic mass is 9.95. The van der Waals surface area contributed by atoms with E-state index in [4.69, 9.17) is 0 Å². The second-order valence-corrected chi connectivity index (χ2v) is 13.0. The van der Waals surface area contributed by atoms with Gasteiger partial charge in [-0.3, -0.25) is 0 Å². The maximum Gasteiger partial charge on any atom is 0.0620 e. The summed E-state index contributed by atoms with van der Waals surface area (Å²) in [6.07, 6.45) is 0. The molecule has 0 amide bonds. The zero-order valence-electron chi connectivity index (χ0n) is 26.8. The molecule has 2 aromatic heterocycles. The molecule has 0 bridgehead atoms. The lowest BCUT2D eigenvalue weighted by molar-refractivity contribution is 1.37. The Morgan fingerprint density at radius 1 is 0.224 bits per heavy atom. The largest absolute Gasteiger partial charge is 0.308 e. The zero-order chi connectivity index (χ0) is 32.3. The minimum Gasteiger partial charge on any atom is -0.308 e. The SMILES string of the molecule is c1ccc(-c2ccc(-c3cc4c5cc(-c6ccccc6)ccc5n5c6ccc(-c7cccc(-c8ccccc8)c7)cc6c(c3)c45)cc2)cc1. The van der Waals surface area contributed by atoms with Crippen molar-refractivity contribution < 1.29 is 0 Å². The van der Waals surface area contributed by atoms with E-state index < -0.39 is 0 Å². The van der Waals surface area contributed by atoms with Gasteiger partial charge in [0, 0.05) is 21.5 Å². The van der Waals surface area contributed by atoms with Gasteiger partial charge in [-0.15, -0.1) is 0 Å². The molecule has 8 aromatic carbocycles. The molecule has 1 nitrogen and oxygen atoms in total. The van der Waals surface area contributed by atoms with E-state index >= 15 is 0 Å². The molecule has 0 fully saturated rings. The lowest BCUT2D eigenvalue weighted by Gasteiger charge is -2.08. The number of fused-ring (bicyclic) bond motifs is 6. The van der Waals surface area contributed by atoms with Gasteiger partial charge in [0.1, 0.15) is 0 Å². The molecule has 0 saturated carbocycles. The molecular weight excluding hydrogens is 591 g/mol. The first-order valence-corrected chi connectivity index (χ1v) is 16.9. The van der Waals surface area contributed by atoms with E-state index in [0.717, 1.165) is 0 Å². The van der Waals surface area contributed by atoms with Crippen molar-refractivity contribution in [3.63, 3.8) is 0 Å². The van der Waals surface area contributed by atoms with Crippen molar-refractivity contribution in [2.45, 2.75) is 0 Å². The predicted molar refractivity (Wildman–Crippen MR) is 208 cm³/mol. The van der Waals surface area contributed by atoms with Gasteiger partial charge in [-0.2, -0.15) is 0 Å². The van der Waals surface area contributed by atoms with Crippen LogP contribution in [0.25, 0.3) is 93.7 Å². The van der Waals surface area contributed by atoms with Gasteiger partial charge < -0.3 is 4.40 Å². The first-order valence-electron chi connectivity index (χ1n) is 16.9. The van der Waals surface area contributed by atoms with Gasteiger partial charge in [-0.05, 0) is 98.1 Å². The van der Waals surface area contributed by atoms with Crippen molar-refractivity contribution in [2.24, 2.45) is 0 Å². The minimum atomic E-state index is 1.22. The summed E-state index contributed by atoms with van der Waals surface area (Å²) >= 11 is 0. The zero-order valence-corrected chi connectivity index (χ0v) is 26.8. The summed E-state index contributed by atoms with van der Waals surface area (Å²) in [5, 5.41) is 5.13. The molecule has 0 saturated heterocycles. The molecule has 49 heavy (non-hydrogen) atoms. The van der Waals surface area contributed by atoms with Crippen LogP contribution in [0, 0.1) is 0 Å². The number of benzene rings is 8. The monoisotopic (exact) mass is 621 g/mol. The van der Waals surface area contributed by atoms with Crippen LogP contribution in [0.15, 0.2) is 188 Å². The number of aromatic nitrogens is 1. The van der Waals surface area contributed by atoms with Crippen molar-refractivity contribution in [1.29, 1.82) is 0 Å². The molecule has 0 N–H and O–H groups in total. The highest BCUT2D eigenvalue weighted by atomic mass is 14.9. The molecular formula is C48H31N. The van der Waals surface area contributed by atoms with Crippen LogP contribution in [0.4, 0.5) is 0 Å². The van der Waals surface area contributed by atoms with E-state index in [1.807, 2.05) is 0 Å². The van der Waals surface area contributed by atoms with Crippen LogP contribution in [-0.2, 0) is 0 Å². The molecule has 228 valence electrons. The fourth-order valence-electron chi connectivity index (χ4n) is 7.70. The average Bonchev–Trinajstić information content (AvgIpc) is 3.70. The van der Waals surface area contributed by atoms with E-state index in [9.17, 15) is 0 Å². The van der Waals surface area contributed by atoms with Gasteiger partial charge >= 0.3 is 0 Å². The van der Waals surface area contributed by atoms with Crippen molar-refractivity contribution in [3.8, 4) is 55.6 Å². The normalized spacial score (nSPS) is 11.7. The minimum absolute atomic E-state index is 1.22. The van der Waals surface area contributed by atoms with Crippen LogP contribution < -0.4 is 0 Å². The van der Waals surface area contributed by atoms with Crippen molar-refractivity contribution in [2.75, 3.05) is 0 Å². The highest BCUT2D eigenvalue weighted by Crippen LogP contribution is 2.44. The maximum absolute atomic E-state index is 2.48. The molecule has 0 spiro atoms. The summed E-state index contributed by atoms with van der Waals surface area (Å²) in [5.41, 5.74) is 16.1. The van der Waals surface area contributed by atoms with E-state index in [-0.39, 0.29) is 0 Å². The van der Waals surface area contributed by atoms with Gasteiger partial charge in [0.25, 0.3) is 0 Å². The fraction of sp³-hybridized carbons (Fsp3) is 0.